The zero-order chi connectivity index (χ0) is 19.3. The van der Waals surface area contributed by atoms with E-state index in [1.54, 1.807) is 7.11 Å². The van der Waals surface area contributed by atoms with Crippen LogP contribution < -0.4 is 14.8 Å². The van der Waals surface area contributed by atoms with Gasteiger partial charge in [0.2, 0.25) is 0 Å². The lowest BCUT2D eigenvalue weighted by molar-refractivity contribution is 0.287. The van der Waals surface area contributed by atoms with Crippen LogP contribution in [0.3, 0.4) is 0 Å². The van der Waals surface area contributed by atoms with Crippen LogP contribution in [-0.4, -0.2) is 25.2 Å². The summed E-state index contributed by atoms with van der Waals surface area (Å²) in [5, 5.41) is 4.86. The van der Waals surface area contributed by atoms with E-state index in [0.717, 1.165) is 49.4 Å². The van der Waals surface area contributed by atoms with Crippen LogP contribution in [0.25, 0.3) is 17.0 Å². The topological polar surface area (TPSA) is 46.3 Å². The summed E-state index contributed by atoms with van der Waals surface area (Å²) in [5.74, 6) is 1.67. The third kappa shape index (κ3) is 3.78. The van der Waals surface area contributed by atoms with E-state index in [2.05, 4.69) is 65.8 Å². The average Bonchev–Trinajstić information content (AvgIpc) is 3.21. The van der Waals surface area contributed by atoms with Gasteiger partial charge in [0.05, 0.1) is 19.8 Å². The fourth-order valence-electron chi connectivity index (χ4n) is 3.82. The fourth-order valence-corrected chi connectivity index (χ4v) is 3.82. The van der Waals surface area contributed by atoms with Crippen LogP contribution in [0.2, 0.25) is 0 Å². The van der Waals surface area contributed by atoms with Gasteiger partial charge in [0, 0.05) is 23.6 Å². The molecule has 28 heavy (non-hydrogen) atoms. The lowest BCUT2D eigenvalue weighted by Gasteiger charge is -2.26. The number of hydrogen-bond acceptors (Lipinski definition) is 3. The number of nitrogens with one attached hydrogen (secondary N) is 2. The molecule has 0 spiro atoms. The predicted molar refractivity (Wildman–Crippen MR) is 115 cm³/mol. The van der Waals surface area contributed by atoms with E-state index in [4.69, 9.17) is 9.47 Å². The number of aromatic nitrogens is 1. The fraction of sp³-hybridized carbons (Fsp3) is 0.333. The Kier molecular flexibility index (Phi) is 5.68. The minimum atomic E-state index is 0.163. The molecule has 0 saturated carbocycles. The minimum Gasteiger partial charge on any atom is -0.493 e. The van der Waals surface area contributed by atoms with E-state index in [1.165, 1.54) is 22.1 Å². The summed E-state index contributed by atoms with van der Waals surface area (Å²) in [4.78, 5) is 3.28. The Balaban J connectivity index is 1.62. The van der Waals surface area contributed by atoms with Crippen molar-refractivity contribution in [2.24, 2.45) is 0 Å². The number of hydrogen-bond donors (Lipinski definition) is 2. The van der Waals surface area contributed by atoms with E-state index in [1.807, 2.05) is 6.20 Å². The van der Waals surface area contributed by atoms with Crippen LogP contribution in [0.4, 0.5) is 0 Å². The quantitative estimate of drug-likeness (QED) is 0.553. The molecular weight excluding hydrogens is 348 g/mol. The van der Waals surface area contributed by atoms with Gasteiger partial charge in [0.1, 0.15) is 0 Å². The standard InChI is InChI=1S/C24H28N2O2/c1-3-4-14-28-24-15-18-10-12-25-22(20(18)16-23(24)27-2)9-8-17-6-5-7-21-19(17)11-13-26-21/h5-9,11,13,15-16,22,25-26H,3-4,10,12,14H2,1-2H3/b9-8+. The maximum Gasteiger partial charge on any atom is 0.161 e. The first-order valence-corrected chi connectivity index (χ1v) is 10.1. The highest BCUT2D eigenvalue weighted by Crippen LogP contribution is 2.36. The Bertz CT molecular complexity index is 974. The first kappa shape index (κ1) is 18.6. The summed E-state index contributed by atoms with van der Waals surface area (Å²) in [6, 6.07) is 12.9. The van der Waals surface area contributed by atoms with E-state index < -0.39 is 0 Å². The molecule has 4 rings (SSSR count). The highest BCUT2D eigenvalue weighted by atomic mass is 16.5. The molecule has 2 heterocycles. The Labute approximate surface area is 166 Å². The number of fused-ring (bicyclic) bond motifs is 2. The van der Waals surface area contributed by atoms with Gasteiger partial charge in [-0.2, -0.15) is 0 Å². The van der Waals surface area contributed by atoms with E-state index in [-0.39, 0.29) is 6.04 Å². The van der Waals surface area contributed by atoms with Crippen molar-refractivity contribution in [3.05, 3.63) is 65.4 Å². The Morgan fingerprint density at radius 2 is 2.11 bits per heavy atom. The summed E-state index contributed by atoms with van der Waals surface area (Å²) in [6.07, 6.45) is 9.62. The monoisotopic (exact) mass is 376 g/mol. The van der Waals surface area contributed by atoms with Crippen molar-refractivity contribution >= 4 is 17.0 Å². The lowest BCUT2D eigenvalue weighted by Crippen LogP contribution is -2.28. The van der Waals surface area contributed by atoms with Gasteiger partial charge in [-0.05, 0) is 53.8 Å². The maximum atomic E-state index is 5.97. The summed E-state index contributed by atoms with van der Waals surface area (Å²) < 4.78 is 11.6. The molecule has 0 radical (unpaired) electrons. The molecule has 1 aliphatic rings. The molecule has 1 unspecified atom stereocenters. The number of ether oxygens (including phenoxy) is 2. The molecular formula is C24H28N2O2. The molecule has 1 atom stereocenters. The molecule has 0 saturated heterocycles. The molecule has 1 aliphatic heterocycles. The molecule has 3 aromatic rings. The summed E-state index contributed by atoms with van der Waals surface area (Å²) >= 11 is 0. The summed E-state index contributed by atoms with van der Waals surface area (Å²) in [6.45, 7) is 3.86. The number of methoxy groups -OCH3 is 1. The van der Waals surface area contributed by atoms with Crippen LogP contribution in [0, 0.1) is 0 Å². The van der Waals surface area contributed by atoms with Gasteiger partial charge in [-0.1, -0.05) is 37.6 Å². The SMILES string of the molecule is CCCCOc1cc2c(cc1OC)C(/C=C/c1cccc3[nH]ccc13)NCC2. The van der Waals surface area contributed by atoms with Gasteiger partial charge in [0.25, 0.3) is 0 Å². The van der Waals surface area contributed by atoms with Crippen LogP contribution in [0.5, 0.6) is 11.5 Å². The molecule has 0 aliphatic carbocycles. The largest absolute Gasteiger partial charge is 0.493 e. The number of rotatable bonds is 7. The van der Waals surface area contributed by atoms with E-state index in [9.17, 15) is 0 Å². The zero-order valence-electron chi connectivity index (χ0n) is 16.6. The minimum absolute atomic E-state index is 0.163. The number of benzene rings is 2. The first-order valence-electron chi connectivity index (χ1n) is 10.1. The van der Waals surface area contributed by atoms with Crippen LogP contribution in [0.15, 0.2) is 48.7 Å². The van der Waals surface area contributed by atoms with Gasteiger partial charge in [-0.15, -0.1) is 0 Å². The highest BCUT2D eigenvalue weighted by Gasteiger charge is 2.21. The molecule has 2 N–H and O–H groups in total. The van der Waals surface area contributed by atoms with Crippen molar-refractivity contribution in [3.63, 3.8) is 0 Å². The number of unbranched alkanes of at least 4 members (excludes halogenated alkanes) is 1. The van der Waals surface area contributed by atoms with Gasteiger partial charge in [0.15, 0.2) is 11.5 Å². The maximum absolute atomic E-state index is 5.97. The third-order valence-electron chi connectivity index (χ3n) is 5.37. The van der Waals surface area contributed by atoms with Gasteiger partial charge in [-0.3, -0.25) is 0 Å². The van der Waals surface area contributed by atoms with E-state index >= 15 is 0 Å². The third-order valence-corrected chi connectivity index (χ3v) is 5.37. The van der Waals surface area contributed by atoms with Crippen molar-refractivity contribution in [2.75, 3.05) is 20.3 Å². The van der Waals surface area contributed by atoms with Gasteiger partial charge in [-0.25, -0.2) is 0 Å². The Morgan fingerprint density at radius 1 is 1.18 bits per heavy atom. The molecule has 2 aromatic carbocycles. The second-order valence-corrected chi connectivity index (χ2v) is 7.23. The van der Waals surface area contributed by atoms with Gasteiger partial charge >= 0.3 is 0 Å². The van der Waals surface area contributed by atoms with Crippen molar-refractivity contribution < 1.29 is 9.47 Å². The van der Waals surface area contributed by atoms with Crippen molar-refractivity contribution in [3.8, 4) is 11.5 Å². The van der Waals surface area contributed by atoms with Crippen LogP contribution >= 0.6 is 0 Å². The van der Waals surface area contributed by atoms with Crippen LogP contribution in [0.1, 0.15) is 42.5 Å². The second kappa shape index (κ2) is 8.53. The highest BCUT2D eigenvalue weighted by molar-refractivity contribution is 5.88. The zero-order valence-corrected chi connectivity index (χ0v) is 16.6. The summed E-state index contributed by atoms with van der Waals surface area (Å²) in [5.41, 5.74) is 4.98. The summed E-state index contributed by atoms with van der Waals surface area (Å²) in [7, 11) is 1.71. The lowest BCUT2D eigenvalue weighted by atomic mass is 9.92. The molecule has 0 fully saturated rings. The Hall–Kier alpha value is -2.72. The van der Waals surface area contributed by atoms with Crippen molar-refractivity contribution in [1.29, 1.82) is 0 Å². The van der Waals surface area contributed by atoms with E-state index in [0.29, 0.717) is 0 Å². The number of aromatic amines is 1. The Morgan fingerprint density at radius 3 is 2.96 bits per heavy atom. The molecule has 4 nitrogen and oxygen atoms in total. The molecule has 146 valence electrons. The molecule has 0 amide bonds. The van der Waals surface area contributed by atoms with Crippen molar-refractivity contribution in [2.45, 2.75) is 32.2 Å². The van der Waals surface area contributed by atoms with Gasteiger partial charge < -0.3 is 19.8 Å². The molecule has 0 bridgehead atoms. The first-order chi connectivity index (χ1) is 13.8. The molecule has 1 aromatic heterocycles. The second-order valence-electron chi connectivity index (χ2n) is 7.23. The number of H-pyrrole nitrogens is 1. The molecule has 4 heteroatoms. The smallest absolute Gasteiger partial charge is 0.161 e. The normalized spacial score (nSPS) is 16.4. The predicted octanol–water partition coefficient (Wildman–Crippen LogP) is 5.26. The van der Waals surface area contributed by atoms with Crippen LogP contribution in [-0.2, 0) is 6.42 Å². The van der Waals surface area contributed by atoms with Crippen molar-refractivity contribution in [1.82, 2.24) is 10.3 Å². The average molecular weight is 377 g/mol.